The minimum Gasteiger partial charge on any atom is -0.285 e. The summed E-state index contributed by atoms with van der Waals surface area (Å²) in [6, 6.07) is 7.41. The third-order valence-electron chi connectivity index (χ3n) is 2.99. The van der Waals surface area contributed by atoms with Gasteiger partial charge < -0.3 is 0 Å². The number of amides is 1. The summed E-state index contributed by atoms with van der Waals surface area (Å²) in [7, 11) is 0. The molecule has 1 saturated heterocycles. The molecule has 2 rings (SSSR count). The van der Waals surface area contributed by atoms with Crippen LogP contribution in [0.25, 0.3) is 0 Å². The van der Waals surface area contributed by atoms with Crippen molar-refractivity contribution < 1.29 is 4.79 Å². The molecule has 0 saturated carbocycles. The molecule has 0 unspecified atom stereocenters. The van der Waals surface area contributed by atoms with Gasteiger partial charge in [0.25, 0.3) is 5.91 Å². The van der Waals surface area contributed by atoms with E-state index in [1.807, 2.05) is 29.3 Å². The van der Waals surface area contributed by atoms with Gasteiger partial charge in [-0.05, 0) is 30.5 Å². The maximum Gasteiger partial charge on any atom is 0.265 e. The van der Waals surface area contributed by atoms with Gasteiger partial charge in [-0.15, -0.1) is 11.6 Å². The predicted octanol–water partition coefficient (Wildman–Crippen LogP) is 2.56. The van der Waals surface area contributed by atoms with E-state index in [0.29, 0.717) is 11.4 Å². The first-order valence-corrected chi connectivity index (χ1v) is 6.54. The van der Waals surface area contributed by atoms with Crippen LogP contribution in [-0.4, -0.2) is 24.0 Å². The molecule has 0 bridgehead atoms. The molecule has 1 aliphatic rings. The highest BCUT2D eigenvalue weighted by Crippen LogP contribution is 2.09. The highest BCUT2D eigenvalue weighted by Gasteiger charge is 2.13. The van der Waals surface area contributed by atoms with Crippen LogP contribution in [0.3, 0.4) is 0 Å². The van der Waals surface area contributed by atoms with Crippen molar-refractivity contribution in [1.82, 2.24) is 10.4 Å². The van der Waals surface area contributed by atoms with E-state index in [4.69, 9.17) is 11.6 Å². The van der Waals surface area contributed by atoms with E-state index in [1.54, 1.807) is 0 Å². The molecule has 17 heavy (non-hydrogen) atoms. The maximum absolute atomic E-state index is 11.9. The van der Waals surface area contributed by atoms with E-state index < -0.39 is 0 Å². The molecule has 4 heteroatoms. The maximum atomic E-state index is 11.9. The van der Waals surface area contributed by atoms with Crippen LogP contribution in [0, 0.1) is 0 Å². The average molecular weight is 253 g/mol. The number of benzene rings is 1. The Bertz CT molecular complexity index is 372. The quantitative estimate of drug-likeness (QED) is 0.839. The van der Waals surface area contributed by atoms with Crippen molar-refractivity contribution in [3.63, 3.8) is 0 Å². The van der Waals surface area contributed by atoms with Crippen LogP contribution >= 0.6 is 11.6 Å². The summed E-state index contributed by atoms with van der Waals surface area (Å²) < 4.78 is 0. The van der Waals surface area contributed by atoms with Gasteiger partial charge in [0.1, 0.15) is 0 Å². The Balaban J connectivity index is 1.93. The molecule has 0 aromatic heterocycles. The molecule has 1 aliphatic heterocycles. The number of nitrogens with zero attached hydrogens (tertiary/aromatic N) is 1. The van der Waals surface area contributed by atoms with Crippen LogP contribution in [-0.2, 0) is 5.88 Å². The minimum absolute atomic E-state index is 0.0342. The lowest BCUT2D eigenvalue weighted by molar-refractivity contribution is 0.0750. The molecule has 1 amide bonds. The number of piperidine rings is 1. The fourth-order valence-electron chi connectivity index (χ4n) is 1.96. The molecule has 0 aliphatic carbocycles. The summed E-state index contributed by atoms with van der Waals surface area (Å²) >= 11 is 5.71. The van der Waals surface area contributed by atoms with Crippen molar-refractivity contribution in [2.45, 2.75) is 25.1 Å². The van der Waals surface area contributed by atoms with Crippen LogP contribution in [0.1, 0.15) is 35.2 Å². The monoisotopic (exact) mass is 252 g/mol. The zero-order valence-electron chi connectivity index (χ0n) is 9.79. The molecule has 1 fully saturated rings. The molecule has 3 nitrogen and oxygen atoms in total. The van der Waals surface area contributed by atoms with Gasteiger partial charge in [0, 0.05) is 24.5 Å². The summed E-state index contributed by atoms with van der Waals surface area (Å²) in [5, 5.41) is 2.00. The Labute approximate surface area is 107 Å². The Morgan fingerprint density at radius 1 is 1.18 bits per heavy atom. The van der Waals surface area contributed by atoms with Gasteiger partial charge >= 0.3 is 0 Å². The third-order valence-corrected chi connectivity index (χ3v) is 3.29. The molecule has 1 aromatic rings. The summed E-state index contributed by atoms with van der Waals surface area (Å²) in [5.74, 6) is 0.446. The average Bonchev–Trinajstić information content (AvgIpc) is 2.40. The zero-order valence-corrected chi connectivity index (χ0v) is 10.5. The first kappa shape index (κ1) is 12.4. The van der Waals surface area contributed by atoms with Crippen molar-refractivity contribution in [2.75, 3.05) is 13.1 Å². The molecule has 1 N–H and O–H groups in total. The second-order valence-corrected chi connectivity index (χ2v) is 4.59. The summed E-state index contributed by atoms with van der Waals surface area (Å²) in [6.45, 7) is 1.90. The minimum atomic E-state index is -0.0342. The Morgan fingerprint density at radius 2 is 1.82 bits per heavy atom. The Kier molecular flexibility index (Phi) is 4.40. The lowest BCUT2D eigenvalue weighted by Gasteiger charge is -2.26. The number of hydrogen-bond donors (Lipinski definition) is 1. The normalized spacial score (nSPS) is 16.8. The van der Waals surface area contributed by atoms with Crippen molar-refractivity contribution >= 4 is 17.5 Å². The highest BCUT2D eigenvalue weighted by atomic mass is 35.5. The fraction of sp³-hybridized carbons (Fsp3) is 0.462. The smallest absolute Gasteiger partial charge is 0.265 e. The van der Waals surface area contributed by atoms with E-state index >= 15 is 0 Å². The summed E-state index contributed by atoms with van der Waals surface area (Å²) in [6.07, 6.45) is 3.58. The van der Waals surface area contributed by atoms with Crippen molar-refractivity contribution in [3.05, 3.63) is 35.4 Å². The molecule has 0 radical (unpaired) electrons. The molecule has 1 aromatic carbocycles. The highest BCUT2D eigenvalue weighted by molar-refractivity contribution is 6.17. The molecular weight excluding hydrogens is 236 g/mol. The first-order valence-electron chi connectivity index (χ1n) is 6.00. The van der Waals surface area contributed by atoms with Crippen LogP contribution < -0.4 is 5.43 Å². The van der Waals surface area contributed by atoms with Gasteiger partial charge in [-0.1, -0.05) is 18.6 Å². The molecular formula is C13H17ClN2O. The van der Waals surface area contributed by atoms with E-state index in [0.717, 1.165) is 31.5 Å². The third kappa shape index (κ3) is 3.45. The van der Waals surface area contributed by atoms with Gasteiger partial charge in [0.15, 0.2) is 0 Å². The molecule has 0 spiro atoms. The van der Waals surface area contributed by atoms with Gasteiger partial charge in [0.2, 0.25) is 0 Å². The number of alkyl halides is 1. The first-order chi connectivity index (χ1) is 8.29. The van der Waals surface area contributed by atoms with Crippen LogP contribution in [0.2, 0.25) is 0 Å². The van der Waals surface area contributed by atoms with Gasteiger partial charge in [-0.25, -0.2) is 5.01 Å². The van der Waals surface area contributed by atoms with E-state index in [1.165, 1.54) is 6.42 Å². The number of rotatable bonds is 3. The van der Waals surface area contributed by atoms with Crippen LogP contribution in [0.4, 0.5) is 0 Å². The van der Waals surface area contributed by atoms with E-state index in [-0.39, 0.29) is 5.91 Å². The Hall–Kier alpha value is -1.06. The van der Waals surface area contributed by atoms with E-state index in [2.05, 4.69) is 5.43 Å². The summed E-state index contributed by atoms with van der Waals surface area (Å²) in [4.78, 5) is 11.9. The predicted molar refractivity (Wildman–Crippen MR) is 68.9 cm³/mol. The molecule has 0 atom stereocenters. The number of carbonyl (C=O) groups is 1. The Morgan fingerprint density at radius 3 is 2.41 bits per heavy atom. The van der Waals surface area contributed by atoms with Gasteiger partial charge in [0.05, 0.1) is 0 Å². The largest absolute Gasteiger partial charge is 0.285 e. The fourth-order valence-corrected chi connectivity index (χ4v) is 2.14. The second kappa shape index (κ2) is 6.03. The standard InChI is InChI=1S/C13H17ClN2O/c14-10-11-4-6-12(7-5-11)13(17)15-16-8-2-1-3-9-16/h4-7H,1-3,8-10H2,(H,15,17). The van der Waals surface area contributed by atoms with Crippen molar-refractivity contribution in [3.8, 4) is 0 Å². The topological polar surface area (TPSA) is 32.3 Å². The van der Waals surface area contributed by atoms with Crippen LogP contribution in [0.15, 0.2) is 24.3 Å². The number of hydrazine groups is 1. The van der Waals surface area contributed by atoms with Crippen molar-refractivity contribution in [1.29, 1.82) is 0 Å². The molecule has 92 valence electrons. The number of nitrogens with one attached hydrogen (secondary N) is 1. The second-order valence-electron chi connectivity index (χ2n) is 4.32. The number of hydrogen-bond acceptors (Lipinski definition) is 2. The molecule has 1 heterocycles. The SMILES string of the molecule is O=C(NN1CCCCC1)c1ccc(CCl)cc1. The number of halogens is 1. The lowest BCUT2D eigenvalue weighted by atomic mass is 10.1. The van der Waals surface area contributed by atoms with E-state index in [9.17, 15) is 4.79 Å². The van der Waals surface area contributed by atoms with Gasteiger partial charge in [-0.3, -0.25) is 10.2 Å². The zero-order chi connectivity index (χ0) is 12.1. The van der Waals surface area contributed by atoms with Crippen molar-refractivity contribution in [2.24, 2.45) is 0 Å². The van der Waals surface area contributed by atoms with Crippen LogP contribution in [0.5, 0.6) is 0 Å². The lowest BCUT2D eigenvalue weighted by Crippen LogP contribution is -2.45. The number of carbonyl (C=O) groups excluding carboxylic acids is 1. The summed E-state index contributed by atoms with van der Waals surface area (Å²) in [5.41, 5.74) is 4.65. The van der Waals surface area contributed by atoms with Gasteiger partial charge in [-0.2, -0.15) is 0 Å².